The maximum absolute atomic E-state index is 8.36. The Bertz CT molecular complexity index is 367. The number of nitrogens with two attached hydrogens (primary N) is 1. The lowest BCUT2D eigenvalue weighted by atomic mass is 10.4. The summed E-state index contributed by atoms with van der Waals surface area (Å²) in [6.45, 7) is 0. The quantitative estimate of drug-likeness (QED) is 0.121. The Kier molecular flexibility index (Phi) is 3.23. The van der Waals surface area contributed by atoms with Crippen LogP contribution in [0.2, 0.25) is 5.15 Å². The van der Waals surface area contributed by atoms with Gasteiger partial charge in [-0.15, -0.1) is 0 Å². The zero-order chi connectivity index (χ0) is 10.6. The molecule has 0 spiro atoms. The van der Waals surface area contributed by atoms with Gasteiger partial charge in [0, 0.05) is 0 Å². The van der Waals surface area contributed by atoms with Gasteiger partial charge >= 0.3 is 0 Å². The molecule has 0 unspecified atom stereocenters. The fraction of sp³-hybridized carbons (Fsp3) is 0. The maximum atomic E-state index is 8.36. The number of guanidine groups is 1. The third-order valence-corrected chi connectivity index (χ3v) is 1.56. The Hall–Kier alpha value is -1.84. The first-order valence-electron chi connectivity index (χ1n) is 3.55. The number of hydrazine groups is 1. The number of anilines is 1. The van der Waals surface area contributed by atoms with Crippen molar-refractivity contribution in [3.63, 3.8) is 0 Å². The standard InChI is InChI=1S/C7H7ClN6/c8-6-2-1-5(3-12-6)13-7(10)14(11)4-9/h1-3H,11H2,(H2,10,13). The maximum Gasteiger partial charge on any atom is 0.224 e. The van der Waals surface area contributed by atoms with Crippen LogP contribution in [0.1, 0.15) is 0 Å². The molecule has 0 saturated carbocycles. The molecule has 1 heterocycles. The van der Waals surface area contributed by atoms with E-state index in [1.807, 2.05) is 0 Å². The molecule has 0 aromatic carbocycles. The summed E-state index contributed by atoms with van der Waals surface area (Å²) in [6, 6.07) is 3.18. The molecule has 0 saturated heterocycles. The van der Waals surface area contributed by atoms with Gasteiger partial charge in [0.1, 0.15) is 5.15 Å². The van der Waals surface area contributed by atoms with Crippen LogP contribution in [0, 0.1) is 16.9 Å². The predicted molar refractivity (Wildman–Crippen MR) is 52.2 cm³/mol. The Balaban J connectivity index is 2.66. The third-order valence-electron chi connectivity index (χ3n) is 1.34. The molecule has 6 nitrogen and oxygen atoms in total. The topological polar surface area (TPSA) is 102 Å². The van der Waals surface area contributed by atoms with Crippen LogP contribution in [0.25, 0.3) is 0 Å². The van der Waals surface area contributed by atoms with Gasteiger partial charge in [-0.25, -0.2) is 10.8 Å². The second-order valence-electron chi connectivity index (χ2n) is 2.31. The van der Waals surface area contributed by atoms with E-state index in [4.69, 9.17) is 28.1 Å². The number of nitrogens with one attached hydrogen (secondary N) is 2. The van der Waals surface area contributed by atoms with Crippen LogP contribution in [-0.4, -0.2) is 16.0 Å². The van der Waals surface area contributed by atoms with Crippen molar-refractivity contribution in [2.24, 2.45) is 5.84 Å². The summed E-state index contributed by atoms with van der Waals surface area (Å²) in [6.07, 6.45) is 3.01. The number of aromatic nitrogens is 1. The smallest absolute Gasteiger partial charge is 0.224 e. The fourth-order valence-electron chi connectivity index (χ4n) is 0.697. The van der Waals surface area contributed by atoms with Gasteiger partial charge in [-0.05, 0) is 12.1 Å². The first-order valence-corrected chi connectivity index (χ1v) is 3.93. The first kappa shape index (κ1) is 10.2. The Morgan fingerprint density at radius 3 is 2.93 bits per heavy atom. The van der Waals surface area contributed by atoms with Gasteiger partial charge in [0.05, 0.1) is 11.9 Å². The average Bonchev–Trinajstić information content (AvgIpc) is 2.20. The van der Waals surface area contributed by atoms with Crippen LogP contribution in [0.4, 0.5) is 5.69 Å². The van der Waals surface area contributed by atoms with E-state index in [2.05, 4.69) is 10.3 Å². The molecular formula is C7H7ClN6. The van der Waals surface area contributed by atoms with Crippen molar-refractivity contribution in [1.29, 1.82) is 10.7 Å². The van der Waals surface area contributed by atoms with E-state index in [0.717, 1.165) is 0 Å². The Morgan fingerprint density at radius 2 is 2.43 bits per heavy atom. The minimum absolute atomic E-state index is 0.239. The molecule has 1 aromatic rings. The zero-order valence-corrected chi connectivity index (χ0v) is 7.78. The second-order valence-corrected chi connectivity index (χ2v) is 2.70. The molecule has 4 N–H and O–H groups in total. The van der Waals surface area contributed by atoms with Gasteiger partial charge in [0.25, 0.3) is 0 Å². The van der Waals surface area contributed by atoms with Crippen LogP contribution in [0.3, 0.4) is 0 Å². The van der Waals surface area contributed by atoms with Crippen molar-refractivity contribution in [3.05, 3.63) is 23.5 Å². The van der Waals surface area contributed by atoms with Crippen molar-refractivity contribution >= 4 is 23.2 Å². The zero-order valence-electron chi connectivity index (χ0n) is 7.03. The van der Waals surface area contributed by atoms with Crippen LogP contribution in [0.15, 0.2) is 18.3 Å². The molecule has 0 aliphatic rings. The summed E-state index contributed by atoms with van der Waals surface area (Å²) in [7, 11) is 0. The number of rotatable bonds is 1. The van der Waals surface area contributed by atoms with Crippen molar-refractivity contribution in [2.45, 2.75) is 0 Å². The number of nitriles is 1. The highest BCUT2D eigenvalue weighted by molar-refractivity contribution is 6.29. The van der Waals surface area contributed by atoms with Crippen molar-refractivity contribution < 1.29 is 0 Å². The van der Waals surface area contributed by atoms with Gasteiger partial charge in [0.15, 0.2) is 0 Å². The van der Waals surface area contributed by atoms with E-state index in [9.17, 15) is 0 Å². The van der Waals surface area contributed by atoms with Crippen molar-refractivity contribution in [2.75, 3.05) is 5.32 Å². The van der Waals surface area contributed by atoms with Gasteiger partial charge in [-0.3, -0.25) is 5.41 Å². The molecule has 0 aliphatic heterocycles. The SMILES string of the molecule is N#CN(N)C(=N)Nc1ccc(Cl)nc1. The predicted octanol–water partition coefficient (Wildman–Crippen LogP) is 0.738. The van der Waals surface area contributed by atoms with Crippen LogP contribution >= 0.6 is 11.6 Å². The van der Waals surface area contributed by atoms with Crippen molar-refractivity contribution in [1.82, 2.24) is 9.99 Å². The summed E-state index contributed by atoms with van der Waals surface area (Å²) >= 11 is 5.56. The largest absolute Gasteiger partial charge is 0.323 e. The minimum atomic E-state index is -0.239. The lowest BCUT2D eigenvalue weighted by molar-refractivity contribution is 0.611. The normalized spacial score (nSPS) is 8.93. The Morgan fingerprint density at radius 1 is 1.71 bits per heavy atom. The van der Waals surface area contributed by atoms with E-state index in [1.165, 1.54) is 6.20 Å². The molecule has 0 radical (unpaired) electrons. The molecule has 0 atom stereocenters. The van der Waals surface area contributed by atoms with E-state index in [0.29, 0.717) is 15.8 Å². The van der Waals surface area contributed by atoms with Gasteiger partial charge < -0.3 is 5.32 Å². The number of nitrogens with zero attached hydrogens (tertiary/aromatic N) is 3. The van der Waals surface area contributed by atoms with E-state index < -0.39 is 0 Å². The molecular weight excluding hydrogens is 204 g/mol. The lowest BCUT2D eigenvalue weighted by Gasteiger charge is -2.11. The summed E-state index contributed by atoms with van der Waals surface area (Å²) in [5.41, 5.74) is 0.533. The highest BCUT2D eigenvalue weighted by Crippen LogP contribution is 2.09. The number of hydrogen-bond acceptors (Lipinski definition) is 4. The molecule has 7 heteroatoms. The Labute approximate surface area is 85.4 Å². The molecule has 0 amide bonds. The fourth-order valence-corrected chi connectivity index (χ4v) is 0.808. The van der Waals surface area contributed by atoms with Gasteiger partial charge in [0.2, 0.25) is 12.2 Å². The van der Waals surface area contributed by atoms with Gasteiger partial charge in [-0.1, -0.05) is 11.6 Å². The minimum Gasteiger partial charge on any atom is -0.323 e. The van der Waals surface area contributed by atoms with E-state index in [-0.39, 0.29) is 5.96 Å². The lowest BCUT2D eigenvalue weighted by Crippen LogP contribution is -2.37. The molecule has 14 heavy (non-hydrogen) atoms. The van der Waals surface area contributed by atoms with E-state index in [1.54, 1.807) is 18.3 Å². The summed E-state index contributed by atoms with van der Waals surface area (Å²) < 4.78 is 0. The second kappa shape index (κ2) is 4.41. The molecule has 0 aliphatic carbocycles. The number of pyridine rings is 1. The molecule has 1 aromatic heterocycles. The summed E-state index contributed by atoms with van der Waals surface area (Å²) in [5.74, 6) is 4.89. The first-order chi connectivity index (χ1) is 6.63. The van der Waals surface area contributed by atoms with Crippen LogP contribution in [0.5, 0.6) is 0 Å². The van der Waals surface area contributed by atoms with Crippen LogP contribution < -0.4 is 11.2 Å². The van der Waals surface area contributed by atoms with E-state index >= 15 is 0 Å². The average molecular weight is 211 g/mol. The number of hydrogen-bond donors (Lipinski definition) is 3. The molecule has 0 bridgehead atoms. The summed E-state index contributed by atoms with van der Waals surface area (Å²) in [4.78, 5) is 3.78. The highest BCUT2D eigenvalue weighted by atomic mass is 35.5. The molecule has 72 valence electrons. The van der Waals surface area contributed by atoms with Crippen LogP contribution in [-0.2, 0) is 0 Å². The number of halogens is 1. The molecule has 0 fully saturated rings. The summed E-state index contributed by atoms with van der Waals surface area (Å²) in [5, 5.41) is 19.2. The monoisotopic (exact) mass is 210 g/mol. The third kappa shape index (κ3) is 2.58. The molecule has 1 rings (SSSR count). The highest BCUT2D eigenvalue weighted by Gasteiger charge is 2.03. The van der Waals surface area contributed by atoms with Gasteiger partial charge in [-0.2, -0.15) is 10.3 Å². The van der Waals surface area contributed by atoms with Crippen molar-refractivity contribution in [3.8, 4) is 6.19 Å².